The Morgan fingerprint density at radius 3 is 1.64 bits per heavy atom. The molecule has 0 radical (unpaired) electrons. The van der Waals surface area contributed by atoms with Gasteiger partial charge in [-0.1, -0.05) is 13.8 Å². The SMILES string of the molecule is COC(OC)C(SC)C(C)C. The van der Waals surface area contributed by atoms with Crippen molar-refractivity contribution in [2.45, 2.75) is 25.4 Å². The third-order valence-corrected chi connectivity index (χ3v) is 2.97. The Balaban J connectivity index is 3.98. The molecule has 0 saturated heterocycles. The van der Waals surface area contributed by atoms with E-state index in [9.17, 15) is 0 Å². The summed E-state index contributed by atoms with van der Waals surface area (Å²) in [6.07, 6.45) is 2.00. The summed E-state index contributed by atoms with van der Waals surface area (Å²) in [5.41, 5.74) is 0. The van der Waals surface area contributed by atoms with Crippen molar-refractivity contribution in [1.29, 1.82) is 0 Å². The Labute approximate surface area is 73.6 Å². The van der Waals surface area contributed by atoms with E-state index in [1.54, 1.807) is 26.0 Å². The van der Waals surface area contributed by atoms with Gasteiger partial charge in [0.05, 0.1) is 5.25 Å². The second-order valence-corrected chi connectivity index (χ2v) is 3.80. The van der Waals surface area contributed by atoms with Crippen LogP contribution in [0.3, 0.4) is 0 Å². The van der Waals surface area contributed by atoms with Crippen LogP contribution in [0.25, 0.3) is 0 Å². The van der Waals surface area contributed by atoms with Crippen molar-refractivity contribution in [1.82, 2.24) is 0 Å². The zero-order chi connectivity index (χ0) is 8.85. The van der Waals surface area contributed by atoms with Gasteiger partial charge in [0.2, 0.25) is 0 Å². The van der Waals surface area contributed by atoms with Gasteiger partial charge in [0.1, 0.15) is 0 Å². The van der Waals surface area contributed by atoms with Crippen LogP contribution in [0.5, 0.6) is 0 Å². The number of hydrogen-bond acceptors (Lipinski definition) is 3. The molecule has 0 fully saturated rings. The molecule has 68 valence electrons. The van der Waals surface area contributed by atoms with E-state index in [1.165, 1.54) is 0 Å². The van der Waals surface area contributed by atoms with Crippen LogP contribution < -0.4 is 0 Å². The molecule has 0 aromatic rings. The van der Waals surface area contributed by atoms with E-state index < -0.39 is 0 Å². The van der Waals surface area contributed by atoms with Gasteiger partial charge in [-0.25, -0.2) is 0 Å². The van der Waals surface area contributed by atoms with Crippen molar-refractivity contribution >= 4 is 11.8 Å². The third-order valence-electron chi connectivity index (χ3n) is 1.66. The second-order valence-electron chi connectivity index (χ2n) is 2.78. The Morgan fingerprint density at radius 1 is 1.09 bits per heavy atom. The number of rotatable bonds is 5. The van der Waals surface area contributed by atoms with Gasteiger partial charge in [0, 0.05) is 14.2 Å². The smallest absolute Gasteiger partial charge is 0.168 e. The standard InChI is InChI=1S/C8H18O2S/c1-6(2)7(11-5)8(9-3)10-4/h6-8H,1-5H3. The van der Waals surface area contributed by atoms with Crippen molar-refractivity contribution in [3.05, 3.63) is 0 Å². The van der Waals surface area contributed by atoms with E-state index in [0.29, 0.717) is 11.2 Å². The van der Waals surface area contributed by atoms with Crippen molar-refractivity contribution in [2.24, 2.45) is 5.92 Å². The fourth-order valence-electron chi connectivity index (χ4n) is 1.06. The number of thioether (sulfide) groups is 1. The van der Waals surface area contributed by atoms with E-state index in [2.05, 4.69) is 20.1 Å². The molecule has 0 rings (SSSR count). The summed E-state index contributed by atoms with van der Waals surface area (Å²) >= 11 is 1.79. The van der Waals surface area contributed by atoms with Crippen LogP contribution in [-0.4, -0.2) is 32.0 Å². The molecule has 0 amide bonds. The van der Waals surface area contributed by atoms with Gasteiger partial charge >= 0.3 is 0 Å². The fraction of sp³-hybridized carbons (Fsp3) is 1.00. The Kier molecular flexibility index (Phi) is 6.01. The van der Waals surface area contributed by atoms with E-state index in [4.69, 9.17) is 9.47 Å². The Bertz CT molecular complexity index is 92.1. The van der Waals surface area contributed by atoms with Crippen molar-refractivity contribution in [2.75, 3.05) is 20.5 Å². The average Bonchev–Trinajstić information content (AvgIpc) is 1.99. The lowest BCUT2D eigenvalue weighted by atomic mass is 10.1. The minimum absolute atomic E-state index is 0.0787. The lowest BCUT2D eigenvalue weighted by Gasteiger charge is -2.25. The highest BCUT2D eigenvalue weighted by Crippen LogP contribution is 2.22. The normalized spacial score (nSPS) is 14.5. The molecule has 1 unspecified atom stereocenters. The zero-order valence-corrected chi connectivity index (χ0v) is 8.77. The van der Waals surface area contributed by atoms with Gasteiger partial charge in [0.25, 0.3) is 0 Å². The largest absolute Gasteiger partial charge is 0.355 e. The highest BCUT2D eigenvalue weighted by Gasteiger charge is 2.22. The lowest BCUT2D eigenvalue weighted by molar-refractivity contribution is -0.107. The average molecular weight is 178 g/mol. The molecular weight excluding hydrogens is 160 g/mol. The molecule has 0 aliphatic carbocycles. The molecule has 0 aromatic heterocycles. The van der Waals surface area contributed by atoms with Gasteiger partial charge in [-0.3, -0.25) is 0 Å². The maximum atomic E-state index is 5.17. The molecule has 3 heteroatoms. The predicted molar refractivity (Wildman–Crippen MR) is 49.9 cm³/mol. The first-order valence-corrected chi connectivity index (χ1v) is 5.04. The highest BCUT2D eigenvalue weighted by atomic mass is 32.2. The van der Waals surface area contributed by atoms with Crippen LogP contribution in [0.1, 0.15) is 13.8 Å². The summed E-state index contributed by atoms with van der Waals surface area (Å²) in [7, 11) is 3.36. The molecule has 11 heavy (non-hydrogen) atoms. The number of hydrogen-bond donors (Lipinski definition) is 0. The summed E-state index contributed by atoms with van der Waals surface area (Å²) in [6.45, 7) is 4.35. The van der Waals surface area contributed by atoms with Crippen molar-refractivity contribution < 1.29 is 9.47 Å². The van der Waals surface area contributed by atoms with Gasteiger partial charge in [-0.15, -0.1) is 0 Å². The molecule has 0 bridgehead atoms. The Hall–Kier alpha value is 0.270. The summed E-state index contributed by atoms with van der Waals surface area (Å²) < 4.78 is 10.3. The molecule has 0 aliphatic rings. The molecule has 0 aliphatic heterocycles. The maximum absolute atomic E-state index is 5.17. The van der Waals surface area contributed by atoms with Gasteiger partial charge in [-0.2, -0.15) is 11.8 Å². The summed E-state index contributed by atoms with van der Waals surface area (Å²) in [5.74, 6) is 0.579. The van der Waals surface area contributed by atoms with Crippen LogP contribution in [0.2, 0.25) is 0 Å². The van der Waals surface area contributed by atoms with Crippen LogP contribution in [0.4, 0.5) is 0 Å². The van der Waals surface area contributed by atoms with Crippen molar-refractivity contribution in [3.63, 3.8) is 0 Å². The van der Waals surface area contributed by atoms with Crippen LogP contribution in [-0.2, 0) is 9.47 Å². The van der Waals surface area contributed by atoms with Crippen molar-refractivity contribution in [3.8, 4) is 0 Å². The van der Waals surface area contributed by atoms with Crippen LogP contribution in [0, 0.1) is 5.92 Å². The second kappa shape index (κ2) is 5.86. The Morgan fingerprint density at radius 2 is 1.55 bits per heavy atom. The monoisotopic (exact) mass is 178 g/mol. The topological polar surface area (TPSA) is 18.5 Å². The molecule has 0 heterocycles. The molecule has 0 saturated carbocycles. The quantitative estimate of drug-likeness (QED) is 0.600. The molecular formula is C8H18O2S. The lowest BCUT2D eigenvalue weighted by Crippen LogP contribution is -2.31. The van der Waals surface area contributed by atoms with E-state index >= 15 is 0 Å². The van der Waals surface area contributed by atoms with E-state index in [1.807, 2.05) is 0 Å². The maximum Gasteiger partial charge on any atom is 0.168 e. The van der Waals surface area contributed by atoms with Gasteiger partial charge in [0.15, 0.2) is 6.29 Å². The first kappa shape index (κ1) is 11.3. The van der Waals surface area contributed by atoms with Crippen LogP contribution >= 0.6 is 11.8 Å². The molecule has 2 nitrogen and oxygen atoms in total. The van der Waals surface area contributed by atoms with E-state index in [0.717, 1.165) is 0 Å². The first-order valence-electron chi connectivity index (χ1n) is 3.75. The molecule has 0 aromatic carbocycles. The third kappa shape index (κ3) is 3.45. The predicted octanol–water partition coefficient (Wildman–Crippen LogP) is 1.99. The summed E-state index contributed by atoms with van der Waals surface area (Å²) in [6, 6.07) is 0. The molecule has 1 atom stereocenters. The number of methoxy groups -OCH3 is 2. The fourth-order valence-corrected chi connectivity index (χ4v) is 2.05. The number of ether oxygens (including phenoxy) is 2. The first-order chi connectivity index (χ1) is 5.17. The molecule has 0 N–H and O–H groups in total. The summed E-state index contributed by atoms with van der Waals surface area (Å²) in [4.78, 5) is 0. The minimum atomic E-state index is -0.0787. The highest BCUT2D eigenvalue weighted by molar-refractivity contribution is 7.99. The van der Waals surface area contributed by atoms with E-state index in [-0.39, 0.29) is 6.29 Å². The minimum Gasteiger partial charge on any atom is -0.355 e. The van der Waals surface area contributed by atoms with Crippen LogP contribution in [0.15, 0.2) is 0 Å². The summed E-state index contributed by atoms with van der Waals surface area (Å²) in [5, 5.41) is 0.421. The van der Waals surface area contributed by atoms with Gasteiger partial charge < -0.3 is 9.47 Å². The molecule has 0 spiro atoms. The zero-order valence-electron chi connectivity index (χ0n) is 7.96. The van der Waals surface area contributed by atoms with Gasteiger partial charge in [-0.05, 0) is 12.2 Å².